The lowest BCUT2D eigenvalue weighted by Crippen LogP contribution is -2.46. The highest BCUT2D eigenvalue weighted by Gasteiger charge is 2.33. The lowest BCUT2D eigenvalue weighted by molar-refractivity contribution is -0.274. The third-order valence-corrected chi connectivity index (χ3v) is 6.17. The second-order valence-corrected chi connectivity index (χ2v) is 8.18. The Kier molecular flexibility index (Phi) is 6.15. The molecule has 2 aliphatic rings. The van der Waals surface area contributed by atoms with Crippen LogP contribution < -0.4 is 4.74 Å². The summed E-state index contributed by atoms with van der Waals surface area (Å²) in [5.41, 5.74) is 0.818. The third-order valence-electron chi connectivity index (χ3n) is 6.17. The van der Waals surface area contributed by atoms with Crippen LogP contribution in [-0.2, 0) is 7.05 Å². The molecule has 0 N–H and O–H groups in total. The SMILES string of the molecule is C#Cc1nc(-c2cccc(OC(F)(F)F)c2)n(C)c1C(=O)N1CCC(N2CCCC2)CC1. The van der Waals surface area contributed by atoms with E-state index < -0.39 is 6.36 Å². The number of carbonyl (C=O) groups is 1. The van der Waals surface area contributed by atoms with E-state index in [9.17, 15) is 18.0 Å². The van der Waals surface area contributed by atoms with E-state index in [4.69, 9.17) is 6.42 Å². The van der Waals surface area contributed by atoms with E-state index in [2.05, 4.69) is 20.5 Å². The second kappa shape index (κ2) is 8.87. The zero-order chi connectivity index (χ0) is 22.9. The van der Waals surface area contributed by atoms with Crippen LogP contribution in [0.5, 0.6) is 5.75 Å². The van der Waals surface area contributed by atoms with Gasteiger partial charge in [-0.25, -0.2) is 4.98 Å². The van der Waals surface area contributed by atoms with Crippen LogP contribution in [0, 0.1) is 12.3 Å². The Labute approximate surface area is 185 Å². The van der Waals surface area contributed by atoms with E-state index in [1.807, 2.05) is 0 Å². The monoisotopic (exact) mass is 446 g/mol. The summed E-state index contributed by atoms with van der Waals surface area (Å²) in [6.45, 7) is 3.53. The second-order valence-electron chi connectivity index (χ2n) is 8.18. The Morgan fingerprint density at radius 1 is 1.19 bits per heavy atom. The minimum atomic E-state index is -4.80. The molecule has 0 bridgehead atoms. The van der Waals surface area contributed by atoms with Crippen LogP contribution in [0.4, 0.5) is 13.2 Å². The smallest absolute Gasteiger partial charge is 0.406 e. The van der Waals surface area contributed by atoms with Gasteiger partial charge in [-0.2, -0.15) is 0 Å². The highest BCUT2D eigenvalue weighted by Crippen LogP contribution is 2.29. The van der Waals surface area contributed by atoms with Gasteiger partial charge in [-0.3, -0.25) is 4.79 Å². The molecule has 6 nitrogen and oxygen atoms in total. The maximum atomic E-state index is 13.3. The number of amides is 1. The number of aromatic nitrogens is 2. The first-order valence-electron chi connectivity index (χ1n) is 10.7. The molecule has 9 heteroatoms. The molecule has 32 heavy (non-hydrogen) atoms. The van der Waals surface area contributed by atoms with Gasteiger partial charge in [0.2, 0.25) is 0 Å². The van der Waals surface area contributed by atoms with E-state index in [1.165, 1.54) is 31.0 Å². The molecule has 3 heterocycles. The summed E-state index contributed by atoms with van der Waals surface area (Å²) in [7, 11) is 1.64. The number of ether oxygens (including phenoxy) is 1. The van der Waals surface area contributed by atoms with Crippen molar-refractivity contribution in [3.05, 3.63) is 35.7 Å². The molecule has 2 saturated heterocycles. The first-order valence-corrected chi connectivity index (χ1v) is 10.7. The number of alkyl halides is 3. The Morgan fingerprint density at radius 2 is 1.88 bits per heavy atom. The molecule has 2 aromatic rings. The van der Waals surface area contributed by atoms with Crippen molar-refractivity contribution in [3.8, 4) is 29.5 Å². The molecular formula is C23H25F3N4O2. The Bertz CT molecular complexity index is 1030. The zero-order valence-corrected chi connectivity index (χ0v) is 17.9. The molecule has 0 radical (unpaired) electrons. The van der Waals surface area contributed by atoms with Crippen LogP contribution >= 0.6 is 0 Å². The number of halogens is 3. The largest absolute Gasteiger partial charge is 0.573 e. The molecule has 0 saturated carbocycles. The molecule has 0 aliphatic carbocycles. The lowest BCUT2D eigenvalue weighted by Gasteiger charge is -2.36. The third kappa shape index (κ3) is 4.60. The molecule has 1 amide bonds. The highest BCUT2D eigenvalue weighted by atomic mass is 19.4. The average molecular weight is 446 g/mol. The van der Waals surface area contributed by atoms with Crippen molar-refractivity contribution < 1.29 is 22.7 Å². The van der Waals surface area contributed by atoms with Gasteiger partial charge in [-0.1, -0.05) is 12.1 Å². The van der Waals surface area contributed by atoms with Crippen LogP contribution in [0.1, 0.15) is 41.9 Å². The lowest BCUT2D eigenvalue weighted by atomic mass is 10.0. The summed E-state index contributed by atoms with van der Waals surface area (Å²) in [6, 6.07) is 5.98. The van der Waals surface area contributed by atoms with Crippen molar-refractivity contribution in [2.24, 2.45) is 7.05 Å². The minimum absolute atomic E-state index is 0.177. The van der Waals surface area contributed by atoms with Gasteiger partial charge in [-0.05, 0) is 56.8 Å². The number of likely N-dealkylation sites (tertiary alicyclic amines) is 2. The van der Waals surface area contributed by atoms with Gasteiger partial charge in [0.15, 0.2) is 0 Å². The Balaban J connectivity index is 1.55. The fourth-order valence-electron chi connectivity index (χ4n) is 4.63. The van der Waals surface area contributed by atoms with Crippen LogP contribution in [0.25, 0.3) is 11.4 Å². The number of nitrogens with zero attached hydrogens (tertiary/aromatic N) is 4. The van der Waals surface area contributed by atoms with Crippen molar-refractivity contribution in [1.29, 1.82) is 0 Å². The molecule has 0 unspecified atom stereocenters. The number of rotatable bonds is 4. The average Bonchev–Trinajstić information content (AvgIpc) is 3.40. The number of hydrogen-bond acceptors (Lipinski definition) is 4. The van der Waals surface area contributed by atoms with Crippen molar-refractivity contribution in [1.82, 2.24) is 19.4 Å². The summed E-state index contributed by atoms with van der Waals surface area (Å²) in [6.07, 6.45) is 5.12. The fraction of sp³-hybridized carbons (Fsp3) is 0.478. The Hall–Kier alpha value is -2.99. The first kappa shape index (κ1) is 22.2. The van der Waals surface area contributed by atoms with Crippen LogP contribution in [0.2, 0.25) is 0 Å². The van der Waals surface area contributed by atoms with E-state index in [1.54, 1.807) is 22.6 Å². The topological polar surface area (TPSA) is 50.6 Å². The molecule has 170 valence electrons. The molecule has 0 spiro atoms. The quantitative estimate of drug-likeness (QED) is 0.673. The molecule has 2 fully saturated rings. The van der Waals surface area contributed by atoms with E-state index in [0.717, 1.165) is 25.9 Å². The molecule has 2 aliphatic heterocycles. The first-order chi connectivity index (χ1) is 15.3. The maximum Gasteiger partial charge on any atom is 0.573 e. The Morgan fingerprint density at radius 3 is 2.50 bits per heavy atom. The summed E-state index contributed by atoms with van der Waals surface area (Å²) in [5, 5.41) is 0. The van der Waals surface area contributed by atoms with Gasteiger partial charge >= 0.3 is 6.36 Å². The van der Waals surface area contributed by atoms with Crippen LogP contribution in [0.3, 0.4) is 0 Å². The predicted molar refractivity (Wildman–Crippen MR) is 113 cm³/mol. The normalized spacial score (nSPS) is 18.0. The van der Waals surface area contributed by atoms with E-state index in [-0.39, 0.29) is 23.0 Å². The van der Waals surface area contributed by atoms with Crippen molar-refractivity contribution >= 4 is 5.91 Å². The molecule has 1 aromatic heterocycles. The number of piperidine rings is 1. The molecule has 1 aromatic carbocycles. The van der Waals surface area contributed by atoms with Crippen molar-refractivity contribution in [2.75, 3.05) is 26.2 Å². The number of imidazole rings is 1. The maximum absolute atomic E-state index is 13.3. The van der Waals surface area contributed by atoms with E-state index in [0.29, 0.717) is 30.5 Å². The molecular weight excluding hydrogens is 421 g/mol. The predicted octanol–water partition coefficient (Wildman–Crippen LogP) is 3.67. The summed E-state index contributed by atoms with van der Waals surface area (Å²) < 4.78 is 43.3. The summed E-state index contributed by atoms with van der Waals surface area (Å²) >= 11 is 0. The fourth-order valence-corrected chi connectivity index (χ4v) is 4.63. The summed E-state index contributed by atoms with van der Waals surface area (Å²) in [4.78, 5) is 22.0. The van der Waals surface area contributed by atoms with E-state index >= 15 is 0 Å². The molecule has 0 atom stereocenters. The minimum Gasteiger partial charge on any atom is -0.406 e. The van der Waals surface area contributed by atoms with Crippen molar-refractivity contribution in [2.45, 2.75) is 38.1 Å². The summed E-state index contributed by atoms with van der Waals surface area (Å²) in [5.74, 6) is 2.19. The van der Waals surface area contributed by atoms with Crippen molar-refractivity contribution in [3.63, 3.8) is 0 Å². The van der Waals surface area contributed by atoms with Crippen LogP contribution in [-0.4, -0.2) is 63.8 Å². The zero-order valence-electron chi connectivity index (χ0n) is 17.9. The van der Waals surface area contributed by atoms with Gasteiger partial charge in [-0.15, -0.1) is 19.6 Å². The van der Waals surface area contributed by atoms with Gasteiger partial charge < -0.3 is 19.1 Å². The number of benzene rings is 1. The highest BCUT2D eigenvalue weighted by molar-refractivity contribution is 5.95. The number of terminal acetylenes is 1. The van der Waals surface area contributed by atoms with Gasteiger partial charge in [0, 0.05) is 31.7 Å². The van der Waals surface area contributed by atoms with Gasteiger partial charge in [0.05, 0.1) is 0 Å². The number of hydrogen-bond donors (Lipinski definition) is 0. The van der Waals surface area contributed by atoms with Gasteiger partial charge in [0.1, 0.15) is 23.0 Å². The van der Waals surface area contributed by atoms with Crippen LogP contribution in [0.15, 0.2) is 24.3 Å². The standard InChI is InChI=1S/C23H25F3N4O2/c1-3-19-20(22(31)30-13-9-17(10-14-30)29-11-4-5-12-29)28(2)21(27-19)16-7-6-8-18(15-16)32-23(24,25)26/h1,6-8,15,17H,4-5,9-14H2,2H3. The van der Waals surface area contributed by atoms with Gasteiger partial charge in [0.25, 0.3) is 5.91 Å². The number of carbonyl (C=O) groups excluding carboxylic acids is 1. The molecule has 4 rings (SSSR count).